The van der Waals surface area contributed by atoms with Gasteiger partial charge in [0, 0.05) is 18.2 Å². The quantitative estimate of drug-likeness (QED) is 0.764. The van der Waals surface area contributed by atoms with E-state index >= 15 is 0 Å². The Kier molecular flexibility index (Phi) is 4.34. The Labute approximate surface area is 149 Å². The molecule has 1 aliphatic heterocycles. The molecular formula is C22H24N2O. The molecule has 0 radical (unpaired) electrons. The third-order valence-electron chi connectivity index (χ3n) is 4.75. The summed E-state index contributed by atoms with van der Waals surface area (Å²) in [4.78, 5) is 19.9. The zero-order valence-electron chi connectivity index (χ0n) is 15.3. The minimum atomic E-state index is -0.860. The van der Waals surface area contributed by atoms with Gasteiger partial charge in [-0.3, -0.25) is 9.79 Å². The van der Waals surface area contributed by atoms with Gasteiger partial charge in [0.05, 0.1) is 11.4 Å². The lowest BCUT2D eigenvalue weighted by Gasteiger charge is -2.27. The molecule has 1 heterocycles. The Balaban J connectivity index is 2.37. The molecule has 0 aromatic heterocycles. The molecule has 0 spiro atoms. The molecule has 1 atom stereocenters. The van der Waals surface area contributed by atoms with Crippen molar-refractivity contribution < 1.29 is 4.79 Å². The SMILES string of the molecule is C=CC[C@@]1(C)N=C(c2ccccc2)c2cc(C)cc(C)c2N(C)C1=O. The smallest absolute Gasteiger partial charge is 0.254 e. The van der Waals surface area contributed by atoms with E-state index in [1.165, 1.54) is 0 Å². The number of carbonyl (C=O) groups excluding carboxylic acids is 1. The normalized spacial score (nSPS) is 19.9. The molecule has 3 heteroatoms. The predicted octanol–water partition coefficient (Wildman–Crippen LogP) is 4.45. The number of aliphatic imine (C=N–C) groups is 1. The van der Waals surface area contributed by atoms with Crippen LogP contribution in [0.15, 0.2) is 60.1 Å². The molecule has 3 rings (SSSR count). The van der Waals surface area contributed by atoms with Gasteiger partial charge in [-0.2, -0.15) is 0 Å². The number of carbonyl (C=O) groups is 1. The lowest BCUT2D eigenvalue weighted by Crippen LogP contribution is -2.43. The van der Waals surface area contributed by atoms with Gasteiger partial charge >= 0.3 is 0 Å². The van der Waals surface area contributed by atoms with E-state index in [1.807, 2.05) is 51.2 Å². The van der Waals surface area contributed by atoms with Gasteiger partial charge in [-0.15, -0.1) is 6.58 Å². The predicted molar refractivity (Wildman–Crippen MR) is 105 cm³/mol. The van der Waals surface area contributed by atoms with E-state index in [1.54, 1.807) is 11.0 Å². The van der Waals surface area contributed by atoms with Crippen LogP contribution < -0.4 is 4.90 Å². The highest BCUT2D eigenvalue weighted by Gasteiger charge is 2.39. The number of rotatable bonds is 3. The second-order valence-corrected chi connectivity index (χ2v) is 6.94. The van der Waals surface area contributed by atoms with Crippen LogP contribution in [0.2, 0.25) is 0 Å². The van der Waals surface area contributed by atoms with Crippen LogP contribution in [0.1, 0.15) is 35.6 Å². The lowest BCUT2D eigenvalue weighted by molar-refractivity contribution is -0.122. The number of amides is 1. The highest BCUT2D eigenvalue weighted by Crippen LogP contribution is 2.35. The van der Waals surface area contributed by atoms with Crippen molar-refractivity contribution in [1.29, 1.82) is 0 Å². The average Bonchev–Trinajstić information content (AvgIpc) is 2.66. The summed E-state index contributed by atoms with van der Waals surface area (Å²) in [5.74, 6) is -0.00784. The molecule has 0 aliphatic carbocycles. The van der Waals surface area contributed by atoms with E-state index < -0.39 is 5.54 Å². The first kappa shape index (κ1) is 17.2. The fourth-order valence-electron chi connectivity index (χ4n) is 3.63. The molecule has 25 heavy (non-hydrogen) atoms. The molecule has 1 aliphatic rings. The van der Waals surface area contributed by atoms with Crippen LogP contribution in [-0.2, 0) is 4.79 Å². The second-order valence-electron chi connectivity index (χ2n) is 6.94. The number of benzene rings is 2. The van der Waals surface area contributed by atoms with E-state index in [9.17, 15) is 4.79 Å². The minimum Gasteiger partial charge on any atom is -0.312 e. The third kappa shape index (κ3) is 2.91. The molecule has 2 aromatic carbocycles. The molecular weight excluding hydrogens is 308 g/mol. The van der Waals surface area contributed by atoms with Crippen LogP contribution in [0.3, 0.4) is 0 Å². The van der Waals surface area contributed by atoms with Gasteiger partial charge < -0.3 is 4.90 Å². The molecule has 0 fully saturated rings. The molecule has 0 bridgehead atoms. The molecule has 128 valence electrons. The summed E-state index contributed by atoms with van der Waals surface area (Å²) in [6, 6.07) is 14.3. The Morgan fingerprint density at radius 3 is 2.52 bits per heavy atom. The van der Waals surface area contributed by atoms with Crippen molar-refractivity contribution in [2.24, 2.45) is 4.99 Å². The van der Waals surface area contributed by atoms with Crippen LogP contribution in [0, 0.1) is 13.8 Å². The van der Waals surface area contributed by atoms with Gasteiger partial charge in [-0.1, -0.05) is 48.0 Å². The first-order chi connectivity index (χ1) is 11.9. The maximum absolute atomic E-state index is 13.2. The topological polar surface area (TPSA) is 32.7 Å². The van der Waals surface area contributed by atoms with Crippen molar-refractivity contribution in [3.05, 3.63) is 77.4 Å². The van der Waals surface area contributed by atoms with Crippen molar-refractivity contribution in [2.45, 2.75) is 32.7 Å². The zero-order valence-corrected chi connectivity index (χ0v) is 15.3. The molecule has 0 N–H and O–H groups in total. The Morgan fingerprint density at radius 2 is 1.88 bits per heavy atom. The minimum absolute atomic E-state index is 0.00784. The van der Waals surface area contributed by atoms with Crippen molar-refractivity contribution in [1.82, 2.24) is 0 Å². The van der Waals surface area contributed by atoms with Crippen molar-refractivity contribution >= 4 is 17.3 Å². The Morgan fingerprint density at radius 1 is 1.20 bits per heavy atom. The van der Waals surface area contributed by atoms with E-state index in [0.717, 1.165) is 33.7 Å². The van der Waals surface area contributed by atoms with Gasteiger partial charge in [-0.25, -0.2) is 0 Å². The Bertz CT molecular complexity index is 867. The number of nitrogens with zero attached hydrogens (tertiary/aromatic N) is 2. The lowest BCUT2D eigenvalue weighted by atomic mass is 9.95. The van der Waals surface area contributed by atoms with E-state index in [2.05, 4.69) is 25.6 Å². The largest absolute Gasteiger partial charge is 0.312 e. The molecule has 0 saturated carbocycles. The van der Waals surface area contributed by atoms with E-state index in [-0.39, 0.29) is 5.91 Å². The van der Waals surface area contributed by atoms with Gasteiger partial charge in [0.15, 0.2) is 0 Å². The van der Waals surface area contributed by atoms with Crippen molar-refractivity contribution in [2.75, 3.05) is 11.9 Å². The van der Waals surface area contributed by atoms with Crippen LogP contribution in [0.25, 0.3) is 0 Å². The first-order valence-electron chi connectivity index (χ1n) is 8.53. The molecule has 1 amide bonds. The summed E-state index contributed by atoms with van der Waals surface area (Å²) < 4.78 is 0. The summed E-state index contributed by atoms with van der Waals surface area (Å²) >= 11 is 0. The fourth-order valence-corrected chi connectivity index (χ4v) is 3.63. The molecule has 3 nitrogen and oxygen atoms in total. The number of hydrogen-bond donors (Lipinski definition) is 0. The van der Waals surface area contributed by atoms with Crippen molar-refractivity contribution in [3.8, 4) is 0 Å². The Hall–Kier alpha value is -2.68. The number of benzodiazepines with no additional fused rings is 1. The number of hydrogen-bond acceptors (Lipinski definition) is 2. The summed E-state index contributed by atoms with van der Waals surface area (Å²) in [6.07, 6.45) is 2.27. The molecule has 0 saturated heterocycles. The van der Waals surface area contributed by atoms with E-state index in [0.29, 0.717) is 6.42 Å². The summed E-state index contributed by atoms with van der Waals surface area (Å²) in [5.41, 5.74) is 5.21. The van der Waals surface area contributed by atoms with Crippen LogP contribution >= 0.6 is 0 Å². The highest BCUT2D eigenvalue weighted by atomic mass is 16.2. The van der Waals surface area contributed by atoms with Gasteiger partial charge in [0.25, 0.3) is 5.91 Å². The summed E-state index contributed by atoms with van der Waals surface area (Å²) in [6.45, 7) is 9.85. The van der Waals surface area contributed by atoms with Gasteiger partial charge in [0.1, 0.15) is 5.54 Å². The van der Waals surface area contributed by atoms with Crippen LogP contribution in [-0.4, -0.2) is 24.2 Å². The number of likely N-dealkylation sites (N-methyl/N-ethyl adjacent to an activating group) is 1. The van der Waals surface area contributed by atoms with Crippen LogP contribution in [0.5, 0.6) is 0 Å². The summed E-state index contributed by atoms with van der Waals surface area (Å²) in [7, 11) is 1.84. The number of anilines is 1. The second kappa shape index (κ2) is 6.32. The maximum atomic E-state index is 13.2. The number of fused-ring (bicyclic) bond motifs is 1. The molecule has 2 aromatic rings. The van der Waals surface area contributed by atoms with Gasteiger partial charge in [0.2, 0.25) is 0 Å². The van der Waals surface area contributed by atoms with E-state index in [4.69, 9.17) is 4.99 Å². The fraction of sp³-hybridized carbons (Fsp3) is 0.273. The van der Waals surface area contributed by atoms with Crippen molar-refractivity contribution in [3.63, 3.8) is 0 Å². The average molecular weight is 332 g/mol. The zero-order chi connectivity index (χ0) is 18.2. The first-order valence-corrected chi connectivity index (χ1v) is 8.53. The third-order valence-corrected chi connectivity index (χ3v) is 4.75. The number of aryl methyl sites for hydroxylation is 2. The monoisotopic (exact) mass is 332 g/mol. The maximum Gasteiger partial charge on any atom is 0.254 e. The van der Waals surface area contributed by atoms with Gasteiger partial charge in [-0.05, 0) is 38.8 Å². The molecule has 0 unspecified atom stereocenters. The highest BCUT2D eigenvalue weighted by molar-refractivity contribution is 6.21. The van der Waals surface area contributed by atoms with Crippen LogP contribution in [0.4, 0.5) is 5.69 Å². The summed E-state index contributed by atoms with van der Waals surface area (Å²) in [5, 5.41) is 0. The standard InChI is InChI=1S/C22H24N2O/c1-6-12-22(4)21(25)24(5)20-16(3)13-15(2)14-18(20)19(23-22)17-10-8-7-9-11-17/h6-11,13-14H,1,12H2,2-5H3/t22-/m1/s1.